The van der Waals surface area contributed by atoms with Crippen molar-refractivity contribution in [3.05, 3.63) is 11.8 Å². The first-order valence-corrected chi connectivity index (χ1v) is 14.3. The van der Waals surface area contributed by atoms with Gasteiger partial charge in [0.1, 0.15) is 0 Å². The molecule has 0 spiro atoms. The molecule has 4 saturated carbocycles. The SMILES string of the molecule is COC[C@]12CC[C@@H](C(C)C)[C@@H]1[C@H]1CC[C@@H]3[C@@]4(C)CC=C(N)C(C)(C)[C@@H]4CC[C@@]3(C)[C@]1(C)CC2. The molecule has 5 rings (SSSR count). The fourth-order valence-electron chi connectivity index (χ4n) is 11.7. The third-order valence-corrected chi connectivity index (χ3v) is 13.6. The minimum absolute atomic E-state index is 0.139. The van der Waals surface area contributed by atoms with E-state index in [2.05, 4.69) is 54.5 Å². The number of fused-ring (bicyclic) bond motifs is 7. The van der Waals surface area contributed by atoms with Crippen LogP contribution in [0.3, 0.4) is 0 Å². The fraction of sp³-hybridized carbons (Fsp3) is 0.935. The number of rotatable bonds is 3. The van der Waals surface area contributed by atoms with E-state index in [-0.39, 0.29) is 5.41 Å². The Morgan fingerprint density at radius 2 is 1.64 bits per heavy atom. The molecule has 0 radical (unpaired) electrons. The molecule has 0 heterocycles. The summed E-state index contributed by atoms with van der Waals surface area (Å²) in [4.78, 5) is 0. The molecule has 4 fully saturated rings. The number of nitrogens with two attached hydrogens (primary N) is 1. The quantitative estimate of drug-likeness (QED) is 0.470. The average molecular weight is 456 g/mol. The molecule has 0 aromatic carbocycles. The van der Waals surface area contributed by atoms with Gasteiger partial charge in [-0.2, -0.15) is 0 Å². The van der Waals surface area contributed by atoms with E-state index in [9.17, 15) is 0 Å². The minimum Gasteiger partial charge on any atom is -0.402 e. The zero-order valence-electron chi connectivity index (χ0n) is 23.1. The van der Waals surface area contributed by atoms with Gasteiger partial charge in [-0.1, -0.05) is 54.5 Å². The summed E-state index contributed by atoms with van der Waals surface area (Å²) >= 11 is 0. The summed E-state index contributed by atoms with van der Waals surface area (Å²) in [6.07, 6.45) is 14.9. The normalized spacial score (nSPS) is 53.0. The van der Waals surface area contributed by atoms with Gasteiger partial charge >= 0.3 is 0 Å². The molecule has 5 aliphatic carbocycles. The van der Waals surface area contributed by atoms with Crippen molar-refractivity contribution in [2.75, 3.05) is 13.7 Å². The second-order valence-corrected chi connectivity index (χ2v) is 15.0. The summed E-state index contributed by atoms with van der Waals surface area (Å²) in [5.41, 5.74) is 9.64. The van der Waals surface area contributed by atoms with Gasteiger partial charge in [0.05, 0.1) is 6.61 Å². The third kappa shape index (κ3) is 2.94. The first-order valence-electron chi connectivity index (χ1n) is 14.3. The highest BCUT2D eigenvalue weighted by molar-refractivity contribution is 5.25. The number of hydrogen-bond acceptors (Lipinski definition) is 2. The molecule has 2 N–H and O–H groups in total. The van der Waals surface area contributed by atoms with Gasteiger partial charge in [0.25, 0.3) is 0 Å². The Morgan fingerprint density at radius 3 is 2.30 bits per heavy atom. The van der Waals surface area contributed by atoms with Crippen LogP contribution in [-0.2, 0) is 4.74 Å². The van der Waals surface area contributed by atoms with Crippen LogP contribution in [0.1, 0.15) is 106 Å². The first-order chi connectivity index (χ1) is 15.4. The Morgan fingerprint density at radius 1 is 0.909 bits per heavy atom. The topological polar surface area (TPSA) is 35.2 Å². The molecule has 0 saturated heterocycles. The van der Waals surface area contributed by atoms with Gasteiger partial charge in [-0.3, -0.25) is 0 Å². The Labute approximate surface area is 204 Å². The van der Waals surface area contributed by atoms with E-state index >= 15 is 0 Å². The highest BCUT2D eigenvalue weighted by Gasteiger charge is 2.70. The van der Waals surface area contributed by atoms with Crippen molar-refractivity contribution >= 4 is 0 Å². The summed E-state index contributed by atoms with van der Waals surface area (Å²) in [6.45, 7) is 19.0. The van der Waals surface area contributed by atoms with E-state index in [0.29, 0.717) is 21.7 Å². The molecule has 9 atom stereocenters. The van der Waals surface area contributed by atoms with Crippen molar-refractivity contribution in [1.29, 1.82) is 0 Å². The van der Waals surface area contributed by atoms with Crippen LogP contribution >= 0.6 is 0 Å². The summed E-state index contributed by atoms with van der Waals surface area (Å²) < 4.78 is 5.96. The van der Waals surface area contributed by atoms with E-state index in [4.69, 9.17) is 10.5 Å². The Balaban J connectivity index is 1.55. The minimum atomic E-state index is 0.139. The maximum Gasteiger partial charge on any atom is 0.0521 e. The summed E-state index contributed by atoms with van der Waals surface area (Å²) in [6, 6.07) is 0. The van der Waals surface area contributed by atoms with Gasteiger partial charge in [-0.05, 0) is 115 Å². The molecular weight excluding hydrogens is 402 g/mol. The molecule has 0 aliphatic heterocycles. The van der Waals surface area contributed by atoms with Crippen LogP contribution in [-0.4, -0.2) is 13.7 Å². The molecule has 0 aromatic rings. The molecular formula is C31H53NO. The predicted molar refractivity (Wildman–Crippen MR) is 139 cm³/mol. The lowest BCUT2D eigenvalue weighted by Crippen LogP contribution is -2.66. The van der Waals surface area contributed by atoms with Crippen molar-refractivity contribution in [3.8, 4) is 0 Å². The molecule has 2 nitrogen and oxygen atoms in total. The average Bonchev–Trinajstić information content (AvgIpc) is 3.12. The predicted octanol–water partition coefficient (Wildman–Crippen LogP) is 7.82. The van der Waals surface area contributed by atoms with E-state index < -0.39 is 0 Å². The standard InChI is InChI=1S/C31H53NO/c1-20(2)21-11-16-31(19-33-8)18-17-29(6)22(26(21)31)9-10-24-28(5)14-13-25(32)27(3,4)23(28)12-15-30(24,29)7/h13,20-24,26H,9-12,14-19,32H2,1-8H3/t21-,22+,23-,24+,26+,28-,29+,30+,31+/m0/s1. The van der Waals surface area contributed by atoms with Crippen LogP contribution in [0.25, 0.3) is 0 Å². The van der Waals surface area contributed by atoms with Crippen LogP contribution in [0.2, 0.25) is 0 Å². The summed E-state index contributed by atoms with van der Waals surface area (Å²) in [5.74, 6) is 4.95. The molecule has 5 aliphatic rings. The van der Waals surface area contributed by atoms with Gasteiger partial charge in [-0.25, -0.2) is 0 Å². The zero-order chi connectivity index (χ0) is 24.0. The Bertz CT molecular complexity index is 814. The van der Waals surface area contributed by atoms with Gasteiger partial charge in [0.2, 0.25) is 0 Å². The molecule has 0 bridgehead atoms. The van der Waals surface area contributed by atoms with Crippen LogP contribution in [0, 0.1) is 62.6 Å². The number of hydrogen-bond donors (Lipinski definition) is 1. The molecule has 188 valence electrons. The smallest absolute Gasteiger partial charge is 0.0521 e. The second-order valence-electron chi connectivity index (χ2n) is 15.0. The molecule has 0 amide bonds. The van der Waals surface area contributed by atoms with Crippen LogP contribution in [0.5, 0.6) is 0 Å². The third-order valence-electron chi connectivity index (χ3n) is 13.6. The Kier molecular flexibility index (Phi) is 5.50. The Hall–Kier alpha value is -0.500. The van der Waals surface area contributed by atoms with E-state index in [0.717, 1.165) is 47.8 Å². The lowest BCUT2D eigenvalue weighted by molar-refractivity contribution is -0.233. The van der Waals surface area contributed by atoms with Crippen molar-refractivity contribution in [2.24, 2.45) is 68.3 Å². The van der Waals surface area contributed by atoms with Crippen LogP contribution < -0.4 is 5.73 Å². The van der Waals surface area contributed by atoms with Crippen molar-refractivity contribution in [1.82, 2.24) is 0 Å². The van der Waals surface area contributed by atoms with Crippen molar-refractivity contribution in [2.45, 2.75) is 106 Å². The number of methoxy groups -OCH3 is 1. The van der Waals surface area contributed by atoms with Crippen LogP contribution in [0.15, 0.2) is 11.8 Å². The lowest BCUT2D eigenvalue weighted by Gasteiger charge is -2.72. The van der Waals surface area contributed by atoms with Gasteiger partial charge in [0.15, 0.2) is 0 Å². The summed E-state index contributed by atoms with van der Waals surface area (Å²) in [5, 5.41) is 0. The maximum atomic E-state index is 6.61. The fourth-order valence-corrected chi connectivity index (χ4v) is 11.7. The zero-order valence-corrected chi connectivity index (χ0v) is 23.1. The van der Waals surface area contributed by atoms with E-state index in [1.807, 2.05) is 7.11 Å². The van der Waals surface area contributed by atoms with E-state index in [1.165, 1.54) is 57.8 Å². The molecule has 2 heteroatoms. The lowest BCUT2D eigenvalue weighted by atomic mass is 9.32. The van der Waals surface area contributed by atoms with Gasteiger partial charge < -0.3 is 10.5 Å². The highest BCUT2D eigenvalue weighted by atomic mass is 16.5. The van der Waals surface area contributed by atoms with Crippen LogP contribution in [0.4, 0.5) is 0 Å². The molecule has 0 aromatic heterocycles. The monoisotopic (exact) mass is 455 g/mol. The number of allylic oxidation sites excluding steroid dienone is 2. The first kappa shape index (κ1) is 24.2. The number of ether oxygens (including phenoxy) is 1. The van der Waals surface area contributed by atoms with E-state index in [1.54, 1.807) is 0 Å². The highest BCUT2D eigenvalue weighted by Crippen LogP contribution is 2.77. The second kappa shape index (κ2) is 7.50. The van der Waals surface area contributed by atoms with Gasteiger partial charge in [-0.15, -0.1) is 0 Å². The van der Waals surface area contributed by atoms with Gasteiger partial charge in [0, 0.05) is 18.2 Å². The van der Waals surface area contributed by atoms with Crippen molar-refractivity contribution < 1.29 is 4.74 Å². The molecule has 0 unspecified atom stereocenters. The van der Waals surface area contributed by atoms with Crippen molar-refractivity contribution in [3.63, 3.8) is 0 Å². The molecule has 33 heavy (non-hydrogen) atoms. The largest absolute Gasteiger partial charge is 0.402 e. The summed E-state index contributed by atoms with van der Waals surface area (Å²) in [7, 11) is 1.95. The maximum absolute atomic E-state index is 6.61.